The molecule has 0 spiro atoms. The molecule has 2 heteroatoms. The van der Waals surface area contributed by atoms with Crippen LogP contribution in [0.4, 0.5) is 5.69 Å². The van der Waals surface area contributed by atoms with Crippen molar-refractivity contribution in [2.45, 2.75) is 25.8 Å². The summed E-state index contributed by atoms with van der Waals surface area (Å²) >= 11 is 0. The van der Waals surface area contributed by atoms with E-state index in [4.69, 9.17) is 5.26 Å². The third-order valence-electron chi connectivity index (χ3n) is 2.69. The quantitative estimate of drug-likeness (QED) is 0.787. The van der Waals surface area contributed by atoms with Crippen LogP contribution in [0.25, 0.3) is 0 Å². The molecule has 0 aliphatic heterocycles. The average Bonchev–Trinajstić information content (AvgIpc) is 3.00. The maximum absolute atomic E-state index is 8.98. The van der Waals surface area contributed by atoms with Gasteiger partial charge in [-0.15, -0.1) is 0 Å². The summed E-state index contributed by atoms with van der Waals surface area (Å²) in [5.74, 6) is 0.569. The fraction of sp³-hybridized carbons (Fsp3) is 0.417. The molecule has 1 aromatic rings. The van der Waals surface area contributed by atoms with Gasteiger partial charge in [0.05, 0.1) is 6.07 Å². The Hall–Kier alpha value is -1.49. The predicted molar refractivity (Wildman–Crippen MR) is 56.9 cm³/mol. The lowest BCUT2D eigenvalue weighted by molar-refractivity contribution is 0.766. The minimum Gasteiger partial charge on any atom is -0.369 e. The third kappa shape index (κ3) is 1.88. The Morgan fingerprint density at radius 2 is 2.14 bits per heavy atom. The SMILES string of the molecule is Cc1ccccc1NC(C#N)C1CC1. The van der Waals surface area contributed by atoms with Crippen LogP contribution in [0.1, 0.15) is 18.4 Å². The van der Waals surface area contributed by atoms with Crippen molar-refractivity contribution in [2.24, 2.45) is 5.92 Å². The van der Waals surface area contributed by atoms with Crippen LogP contribution < -0.4 is 5.32 Å². The van der Waals surface area contributed by atoms with Crippen molar-refractivity contribution in [3.63, 3.8) is 0 Å². The molecule has 1 fully saturated rings. The summed E-state index contributed by atoms with van der Waals surface area (Å²) in [6, 6.07) is 10.4. The van der Waals surface area contributed by atoms with E-state index in [0.717, 1.165) is 5.69 Å². The molecule has 1 saturated carbocycles. The van der Waals surface area contributed by atoms with E-state index in [9.17, 15) is 0 Å². The number of para-hydroxylation sites is 1. The van der Waals surface area contributed by atoms with Crippen LogP contribution in [-0.4, -0.2) is 6.04 Å². The lowest BCUT2D eigenvalue weighted by atomic mass is 10.1. The van der Waals surface area contributed by atoms with Crippen LogP contribution in [0.2, 0.25) is 0 Å². The van der Waals surface area contributed by atoms with Crippen LogP contribution >= 0.6 is 0 Å². The highest BCUT2D eigenvalue weighted by atomic mass is 14.9. The molecule has 2 nitrogen and oxygen atoms in total. The van der Waals surface area contributed by atoms with Gasteiger partial charge in [-0.3, -0.25) is 0 Å². The van der Waals surface area contributed by atoms with Crippen molar-refractivity contribution >= 4 is 5.69 Å². The summed E-state index contributed by atoms with van der Waals surface area (Å²) in [6.45, 7) is 2.06. The molecule has 1 N–H and O–H groups in total. The normalized spacial score (nSPS) is 17.1. The minimum absolute atomic E-state index is 0.00361. The smallest absolute Gasteiger partial charge is 0.117 e. The zero-order chi connectivity index (χ0) is 9.97. The second-order valence-corrected chi connectivity index (χ2v) is 3.90. The second kappa shape index (κ2) is 3.71. The molecular formula is C12H14N2. The number of nitrogens with zero attached hydrogens (tertiary/aromatic N) is 1. The molecule has 0 aromatic heterocycles. The Morgan fingerprint density at radius 1 is 1.43 bits per heavy atom. The number of nitrogens with one attached hydrogen (secondary N) is 1. The standard InChI is InChI=1S/C12H14N2/c1-9-4-2-3-5-11(9)14-12(8-13)10-6-7-10/h2-5,10,12,14H,6-7H2,1H3. The summed E-state index contributed by atoms with van der Waals surface area (Å²) in [4.78, 5) is 0. The number of rotatable bonds is 3. The van der Waals surface area contributed by atoms with Gasteiger partial charge in [-0.25, -0.2) is 0 Å². The Kier molecular flexibility index (Phi) is 2.41. The summed E-state index contributed by atoms with van der Waals surface area (Å²) in [6.07, 6.45) is 2.38. The Morgan fingerprint density at radius 3 is 2.71 bits per heavy atom. The zero-order valence-corrected chi connectivity index (χ0v) is 8.33. The molecule has 0 amide bonds. The molecular weight excluding hydrogens is 172 g/mol. The van der Waals surface area contributed by atoms with Gasteiger partial charge in [0.2, 0.25) is 0 Å². The molecule has 1 aliphatic rings. The first kappa shape index (κ1) is 9.08. The number of anilines is 1. The van der Waals surface area contributed by atoms with Gasteiger partial charge in [0.15, 0.2) is 0 Å². The van der Waals surface area contributed by atoms with Gasteiger partial charge in [0.1, 0.15) is 6.04 Å². The van der Waals surface area contributed by atoms with Crippen molar-refractivity contribution in [2.75, 3.05) is 5.32 Å². The van der Waals surface area contributed by atoms with Crippen molar-refractivity contribution < 1.29 is 0 Å². The Labute approximate surface area is 84.6 Å². The zero-order valence-electron chi connectivity index (χ0n) is 8.33. The highest BCUT2D eigenvalue weighted by molar-refractivity contribution is 5.52. The lowest BCUT2D eigenvalue weighted by Crippen LogP contribution is -2.19. The van der Waals surface area contributed by atoms with Crippen molar-refractivity contribution in [3.05, 3.63) is 29.8 Å². The predicted octanol–water partition coefficient (Wildman–Crippen LogP) is 2.71. The number of hydrogen-bond acceptors (Lipinski definition) is 2. The van der Waals surface area contributed by atoms with E-state index in [0.29, 0.717) is 5.92 Å². The van der Waals surface area contributed by atoms with Crippen LogP contribution in [0.15, 0.2) is 24.3 Å². The lowest BCUT2D eigenvalue weighted by Gasteiger charge is -2.13. The minimum atomic E-state index is -0.00361. The Bertz CT molecular complexity index is 361. The number of nitriles is 1. The average molecular weight is 186 g/mol. The van der Waals surface area contributed by atoms with Crippen molar-refractivity contribution in [1.82, 2.24) is 0 Å². The summed E-state index contributed by atoms with van der Waals surface area (Å²) in [5, 5.41) is 12.3. The van der Waals surface area contributed by atoms with Crippen molar-refractivity contribution in [1.29, 1.82) is 5.26 Å². The van der Waals surface area contributed by atoms with Gasteiger partial charge in [0, 0.05) is 5.69 Å². The maximum atomic E-state index is 8.98. The molecule has 1 aliphatic carbocycles. The van der Waals surface area contributed by atoms with E-state index in [2.05, 4.69) is 24.4 Å². The van der Waals surface area contributed by atoms with Crippen LogP contribution in [0, 0.1) is 24.2 Å². The fourth-order valence-corrected chi connectivity index (χ4v) is 1.59. The van der Waals surface area contributed by atoms with Crippen molar-refractivity contribution in [3.8, 4) is 6.07 Å². The molecule has 0 saturated heterocycles. The number of hydrogen-bond donors (Lipinski definition) is 1. The fourth-order valence-electron chi connectivity index (χ4n) is 1.59. The Balaban J connectivity index is 2.09. The van der Waals surface area contributed by atoms with Gasteiger partial charge in [0.25, 0.3) is 0 Å². The van der Waals surface area contributed by atoms with E-state index in [1.165, 1.54) is 18.4 Å². The van der Waals surface area contributed by atoms with Crippen LogP contribution in [0.3, 0.4) is 0 Å². The summed E-state index contributed by atoms with van der Waals surface area (Å²) in [5.41, 5.74) is 2.29. The van der Waals surface area contributed by atoms with E-state index in [-0.39, 0.29) is 6.04 Å². The molecule has 1 atom stereocenters. The number of aryl methyl sites for hydroxylation is 1. The van der Waals surface area contributed by atoms with E-state index >= 15 is 0 Å². The molecule has 0 heterocycles. The van der Waals surface area contributed by atoms with E-state index in [1.54, 1.807) is 0 Å². The van der Waals surface area contributed by atoms with Gasteiger partial charge in [-0.05, 0) is 37.3 Å². The molecule has 14 heavy (non-hydrogen) atoms. The number of benzene rings is 1. The summed E-state index contributed by atoms with van der Waals surface area (Å²) < 4.78 is 0. The molecule has 1 unspecified atom stereocenters. The highest BCUT2D eigenvalue weighted by Gasteiger charge is 2.31. The van der Waals surface area contributed by atoms with Gasteiger partial charge < -0.3 is 5.32 Å². The second-order valence-electron chi connectivity index (χ2n) is 3.90. The van der Waals surface area contributed by atoms with E-state index < -0.39 is 0 Å². The monoisotopic (exact) mass is 186 g/mol. The van der Waals surface area contributed by atoms with Gasteiger partial charge in [-0.2, -0.15) is 5.26 Å². The molecule has 0 bridgehead atoms. The topological polar surface area (TPSA) is 35.8 Å². The maximum Gasteiger partial charge on any atom is 0.117 e. The first-order valence-electron chi connectivity index (χ1n) is 5.03. The van der Waals surface area contributed by atoms with Crippen LogP contribution in [0.5, 0.6) is 0 Å². The van der Waals surface area contributed by atoms with E-state index in [1.807, 2.05) is 18.2 Å². The van der Waals surface area contributed by atoms with Crippen LogP contribution in [-0.2, 0) is 0 Å². The molecule has 1 aromatic carbocycles. The first-order chi connectivity index (χ1) is 6.81. The molecule has 0 radical (unpaired) electrons. The largest absolute Gasteiger partial charge is 0.369 e. The van der Waals surface area contributed by atoms with Gasteiger partial charge >= 0.3 is 0 Å². The summed E-state index contributed by atoms with van der Waals surface area (Å²) in [7, 11) is 0. The molecule has 2 rings (SSSR count). The molecule has 72 valence electrons. The highest BCUT2D eigenvalue weighted by Crippen LogP contribution is 2.34. The first-order valence-corrected chi connectivity index (χ1v) is 5.03. The third-order valence-corrected chi connectivity index (χ3v) is 2.69. The van der Waals surface area contributed by atoms with Gasteiger partial charge in [-0.1, -0.05) is 18.2 Å².